The molecule has 0 bridgehead atoms. The van der Waals surface area contributed by atoms with Crippen molar-refractivity contribution in [3.63, 3.8) is 0 Å². The number of carbonyl (C=O) groups excluding carboxylic acids is 1. The lowest BCUT2D eigenvalue weighted by molar-refractivity contribution is 0.0513. The second-order valence-corrected chi connectivity index (χ2v) is 5.90. The van der Waals surface area contributed by atoms with Crippen molar-refractivity contribution in [1.29, 1.82) is 0 Å². The van der Waals surface area contributed by atoms with Crippen LogP contribution < -0.4 is 5.56 Å². The van der Waals surface area contributed by atoms with E-state index in [0.29, 0.717) is 12.4 Å². The summed E-state index contributed by atoms with van der Waals surface area (Å²) in [5.74, 6) is -0.654. The van der Waals surface area contributed by atoms with Gasteiger partial charge in [-0.1, -0.05) is 12.8 Å². The van der Waals surface area contributed by atoms with Crippen molar-refractivity contribution in [3.05, 3.63) is 21.9 Å². The highest BCUT2D eigenvalue weighted by atomic mass is 16.5. The summed E-state index contributed by atoms with van der Waals surface area (Å²) < 4.78 is 6.44. The van der Waals surface area contributed by atoms with Gasteiger partial charge in [-0.15, -0.1) is 0 Å². The molecule has 0 unspecified atom stereocenters. The molecule has 0 radical (unpaired) electrons. The smallest absolute Gasteiger partial charge is 0.361 e. The maximum absolute atomic E-state index is 12.3. The maximum Gasteiger partial charge on any atom is 0.361 e. The van der Waals surface area contributed by atoms with E-state index in [1.165, 1.54) is 0 Å². The van der Waals surface area contributed by atoms with E-state index >= 15 is 0 Å². The van der Waals surface area contributed by atoms with Crippen LogP contribution >= 0.6 is 0 Å². The standard InChI is InChI=1S/C15H20N2O4/c1-2-21-13(20)10-11(18)12(19)17-9-5-8-15(14(17)16-10)6-3-4-7-15/h18H,2-9H2,1H3. The second-order valence-electron chi connectivity index (χ2n) is 5.90. The van der Waals surface area contributed by atoms with Crippen molar-refractivity contribution < 1.29 is 14.6 Å². The Morgan fingerprint density at radius 2 is 2.00 bits per heavy atom. The topological polar surface area (TPSA) is 81.4 Å². The molecular weight excluding hydrogens is 272 g/mol. The van der Waals surface area contributed by atoms with Crippen LogP contribution in [0.1, 0.15) is 61.8 Å². The average Bonchev–Trinajstić information content (AvgIpc) is 2.93. The van der Waals surface area contributed by atoms with Crippen molar-refractivity contribution in [2.45, 2.75) is 57.4 Å². The van der Waals surface area contributed by atoms with Crippen molar-refractivity contribution in [2.75, 3.05) is 6.61 Å². The van der Waals surface area contributed by atoms with Gasteiger partial charge in [0, 0.05) is 12.0 Å². The van der Waals surface area contributed by atoms with Crippen molar-refractivity contribution in [2.24, 2.45) is 0 Å². The highest BCUT2D eigenvalue weighted by molar-refractivity contribution is 5.90. The van der Waals surface area contributed by atoms with E-state index < -0.39 is 17.3 Å². The summed E-state index contributed by atoms with van der Waals surface area (Å²) in [6.07, 6.45) is 6.12. The van der Waals surface area contributed by atoms with Gasteiger partial charge in [-0.25, -0.2) is 9.78 Å². The van der Waals surface area contributed by atoms with Crippen LogP contribution in [0.5, 0.6) is 5.75 Å². The first-order valence-corrected chi connectivity index (χ1v) is 7.60. The zero-order valence-corrected chi connectivity index (χ0v) is 12.2. The molecule has 114 valence electrons. The molecule has 1 aromatic rings. The van der Waals surface area contributed by atoms with Crippen molar-refractivity contribution >= 4 is 5.97 Å². The summed E-state index contributed by atoms with van der Waals surface area (Å²) in [6, 6.07) is 0. The van der Waals surface area contributed by atoms with Gasteiger partial charge in [0.15, 0.2) is 5.69 Å². The molecule has 6 nitrogen and oxygen atoms in total. The van der Waals surface area contributed by atoms with Crippen LogP contribution in [0.25, 0.3) is 0 Å². The summed E-state index contributed by atoms with van der Waals surface area (Å²) in [4.78, 5) is 28.6. The third-order valence-corrected chi connectivity index (χ3v) is 4.69. The van der Waals surface area contributed by atoms with Crippen LogP contribution in [0.4, 0.5) is 0 Å². The van der Waals surface area contributed by atoms with Crippen LogP contribution in [0.3, 0.4) is 0 Å². The lowest BCUT2D eigenvalue weighted by atomic mass is 9.78. The normalized spacial score (nSPS) is 19.5. The molecule has 2 aliphatic rings. The highest BCUT2D eigenvalue weighted by Crippen LogP contribution is 2.45. The molecular formula is C15H20N2O4. The van der Waals surface area contributed by atoms with Crippen LogP contribution in [0.2, 0.25) is 0 Å². The molecule has 1 aliphatic heterocycles. The Kier molecular flexibility index (Phi) is 3.47. The fraction of sp³-hybridized carbons (Fsp3) is 0.667. The van der Waals surface area contributed by atoms with Crippen LogP contribution in [-0.2, 0) is 16.7 Å². The summed E-state index contributed by atoms with van der Waals surface area (Å²) >= 11 is 0. The Labute approximate surface area is 122 Å². The Morgan fingerprint density at radius 1 is 1.33 bits per heavy atom. The van der Waals surface area contributed by atoms with E-state index in [1.807, 2.05) is 0 Å². The molecule has 0 saturated heterocycles. The molecule has 0 aromatic carbocycles. The number of hydrogen-bond acceptors (Lipinski definition) is 5. The number of carbonyl (C=O) groups is 1. The SMILES string of the molecule is CCOC(=O)c1nc2n(c(=O)c1O)CCCC21CCCC1. The van der Waals surface area contributed by atoms with Crippen LogP contribution in [0, 0.1) is 0 Å². The number of aromatic hydroxyl groups is 1. The zero-order valence-electron chi connectivity index (χ0n) is 12.2. The lowest BCUT2D eigenvalue weighted by Gasteiger charge is -2.35. The summed E-state index contributed by atoms with van der Waals surface area (Å²) in [6.45, 7) is 2.42. The third-order valence-electron chi connectivity index (χ3n) is 4.69. The summed E-state index contributed by atoms with van der Waals surface area (Å²) in [5, 5.41) is 9.99. The summed E-state index contributed by atoms with van der Waals surface area (Å²) in [7, 11) is 0. The molecule has 21 heavy (non-hydrogen) atoms. The molecule has 1 spiro atoms. The van der Waals surface area contributed by atoms with Gasteiger partial charge in [-0.3, -0.25) is 9.36 Å². The van der Waals surface area contributed by atoms with Crippen molar-refractivity contribution in [1.82, 2.24) is 9.55 Å². The number of esters is 1. The predicted molar refractivity (Wildman–Crippen MR) is 75.5 cm³/mol. The third kappa shape index (κ3) is 2.13. The number of ether oxygens (including phenoxy) is 1. The summed E-state index contributed by atoms with van der Waals surface area (Å²) in [5.41, 5.74) is -0.859. The van der Waals surface area contributed by atoms with Gasteiger partial charge in [-0.05, 0) is 32.6 Å². The van der Waals surface area contributed by atoms with E-state index in [-0.39, 0.29) is 17.7 Å². The fourth-order valence-electron chi connectivity index (χ4n) is 3.71. The minimum atomic E-state index is -0.728. The monoisotopic (exact) mass is 292 g/mol. The van der Waals surface area contributed by atoms with Gasteiger partial charge in [0.1, 0.15) is 5.82 Å². The Morgan fingerprint density at radius 3 is 2.67 bits per heavy atom. The van der Waals surface area contributed by atoms with Gasteiger partial charge >= 0.3 is 5.97 Å². The van der Waals surface area contributed by atoms with E-state index in [2.05, 4.69) is 4.98 Å². The van der Waals surface area contributed by atoms with E-state index in [9.17, 15) is 14.7 Å². The molecule has 1 aromatic heterocycles. The number of rotatable bonds is 2. The Balaban J connectivity index is 2.17. The van der Waals surface area contributed by atoms with Gasteiger partial charge in [0.05, 0.1) is 6.61 Å². The number of nitrogens with zero attached hydrogens (tertiary/aromatic N) is 2. The minimum Gasteiger partial charge on any atom is -0.501 e. The molecule has 1 N–H and O–H groups in total. The van der Waals surface area contributed by atoms with Gasteiger partial charge in [0.2, 0.25) is 5.75 Å². The van der Waals surface area contributed by atoms with E-state index in [4.69, 9.17) is 4.74 Å². The molecule has 2 heterocycles. The molecule has 1 aliphatic carbocycles. The van der Waals surface area contributed by atoms with Gasteiger partial charge in [0.25, 0.3) is 5.56 Å². The first kappa shape index (κ1) is 14.1. The predicted octanol–water partition coefficient (Wildman–Crippen LogP) is 1.73. The fourth-order valence-corrected chi connectivity index (χ4v) is 3.71. The number of hydrogen-bond donors (Lipinski definition) is 1. The molecule has 1 fully saturated rings. The van der Waals surface area contributed by atoms with Crippen LogP contribution in [0.15, 0.2) is 4.79 Å². The maximum atomic E-state index is 12.3. The molecule has 3 rings (SSSR count). The zero-order chi connectivity index (χ0) is 15.0. The Bertz CT molecular complexity index is 629. The lowest BCUT2D eigenvalue weighted by Crippen LogP contribution is -2.40. The Hall–Kier alpha value is -1.85. The number of aromatic nitrogens is 2. The first-order chi connectivity index (χ1) is 10.1. The molecule has 0 atom stereocenters. The van der Waals surface area contributed by atoms with E-state index in [1.54, 1.807) is 11.5 Å². The quantitative estimate of drug-likeness (QED) is 0.840. The van der Waals surface area contributed by atoms with E-state index in [0.717, 1.165) is 38.5 Å². The molecule has 0 amide bonds. The van der Waals surface area contributed by atoms with Crippen molar-refractivity contribution in [3.8, 4) is 5.75 Å². The molecule has 6 heteroatoms. The largest absolute Gasteiger partial charge is 0.501 e. The van der Waals surface area contributed by atoms with Gasteiger partial charge in [-0.2, -0.15) is 0 Å². The number of fused-ring (bicyclic) bond motifs is 2. The average molecular weight is 292 g/mol. The van der Waals surface area contributed by atoms with Gasteiger partial charge < -0.3 is 9.84 Å². The van der Waals surface area contributed by atoms with Crippen LogP contribution in [-0.4, -0.2) is 27.2 Å². The second kappa shape index (κ2) is 5.16. The highest BCUT2D eigenvalue weighted by Gasteiger charge is 2.42. The molecule has 1 saturated carbocycles. The minimum absolute atomic E-state index is 0.105. The first-order valence-electron chi connectivity index (χ1n) is 7.60.